The zero-order valence-electron chi connectivity index (χ0n) is 19.8. The standard InChI is InChI=1S/C27H41N3O/c1-4-30(5-2,6-3)21-13-19-29-20-18-25(22-29)27(26(28)31,23-14-9-7-10-15-23)24-16-11-8-12-17-24/h7-12,14-16,24-25H,4-6,13,17-22H2,1-3H3,(H-,28,31)/p+1. The van der Waals surface area contributed by atoms with E-state index in [1.807, 2.05) is 18.2 Å². The van der Waals surface area contributed by atoms with Crippen LogP contribution >= 0.6 is 0 Å². The first-order valence-electron chi connectivity index (χ1n) is 12.3. The molecule has 0 bridgehead atoms. The van der Waals surface area contributed by atoms with Gasteiger partial charge in [-0.2, -0.15) is 0 Å². The summed E-state index contributed by atoms with van der Waals surface area (Å²) in [4.78, 5) is 15.8. The van der Waals surface area contributed by atoms with Crippen molar-refractivity contribution in [3.8, 4) is 0 Å². The largest absolute Gasteiger partial charge is 0.369 e. The average Bonchev–Trinajstić information content (AvgIpc) is 3.28. The fraction of sp³-hybridized carbons (Fsp3) is 0.593. The second kappa shape index (κ2) is 10.6. The number of carbonyl (C=O) groups excluding carboxylic acids is 1. The van der Waals surface area contributed by atoms with Crippen LogP contribution in [0.4, 0.5) is 0 Å². The summed E-state index contributed by atoms with van der Waals surface area (Å²) in [6, 6.07) is 10.3. The maximum Gasteiger partial charge on any atom is 0.229 e. The number of hydrogen-bond donors (Lipinski definition) is 1. The third kappa shape index (κ3) is 4.80. The highest BCUT2D eigenvalue weighted by atomic mass is 16.1. The van der Waals surface area contributed by atoms with E-state index in [1.165, 1.54) is 37.1 Å². The molecule has 4 heteroatoms. The minimum Gasteiger partial charge on any atom is -0.369 e. The van der Waals surface area contributed by atoms with E-state index in [1.54, 1.807) is 0 Å². The molecule has 0 radical (unpaired) electrons. The fourth-order valence-corrected chi connectivity index (χ4v) is 6.09. The molecular weight excluding hydrogens is 382 g/mol. The van der Waals surface area contributed by atoms with Gasteiger partial charge in [0.2, 0.25) is 5.91 Å². The lowest BCUT2D eigenvalue weighted by atomic mass is 9.60. The van der Waals surface area contributed by atoms with Crippen LogP contribution in [0.5, 0.6) is 0 Å². The van der Waals surface area contributed by atoms with Crippen LogP contribution in [-0.2, 0) is 10.2 Å². The summed E-state index contributed by atoms with van der Waals surface area (Å²) in [5, 5.41) is 0. The van der Waals surface area contributed by atoms with Gasteiger partial charge in [-0.25, -0.2) is 0 Å². The molecule has 2 N–H and O–H groups in total. The number of quaternary nitrogens is 1. The highest BCUT2D eigenvalue weighted by molar-refractivity contribution is 5.88. The molecule has 3 atom stereocenters. The minimum atomic E-state index is -0.645. The predicted molar refractivity (Wildman–Crippen MR) is 130 cm³/mol. The molecule has 1 aromatic carbocycles. The van der Waals surface area contributed by atoms with Gasteiger partial charge in [-0.15, -0.1) is 0 Å². The molecule has 3 rings (SSSR count). The van der Waals surface area contributed by atoms with E-state index in [0.29, 0.717) is 0 Å². The topological polar surface area (TPSA) is 46.3 Å². The number of amides is 1. The summed E-state index contributed by atoms with van der Waals surface area (Å²) in [6.07, 6.45) is 11.7. The molecule has 1 heterocycles. The van der Waals surface area contributed by atoms with Crippen molar-refractivity contribution in [2.45, 2.75) is 45.4 Å². The first-order chi connectivity index (χ1) is 15.0. The third-order valence-corrected chi connectivity index (χ3v) is 8.26. The van der Waals surface area contributed by atoms with Crippen LogP contribution in [0.2, 0.25) is 0 Å². The number of primary amides is 1. The number of nitrogens with zero attached hydrogens (tertiary/aromatic N) is 2. The van der Waals surface area contributed by atoms with E-state index in [2.05, 4.69) is 62.1 Å². The Hall–Kier alpha value is -1.91. The molecule has 1 aliphatic carbocycles. The van der Waals surface area contributed by atoms with E-state index in [4.69, 9.17) is 5.73 Å². The Morgan fingerprint density at radius 2 is 1.84 bits per heavy atom. The van der Waals surface area contributed by atoms with Gasteiger partial charge in [-0.05, 0) is 57.6 Å². The van der Waals surface area contributed by atoms with Crippen molar-refractivity contribution in [1.29, 1.82) is 0 Å². The zero-order valence-corrected chi connectivity index (χ0v) is 19.8. The molecule has 0 saturated carbocycles. The summed E-state index contributed by atoms with van der Waals surface area (Å²) in [7, 11) is 0. The molecule has 0 aromatic heterocycles. The summed E-state index contributed by atoms with van der Waals surface area (Å²) in [5.74, 6) is 0.192. The second-order valence-corrected chi connectivity index (χ2v) is 9.41. The van der Waals surface area contributed by atoms with E-state index in [9.17, 15) is 4.79 Å². The van der Waals surface area contributed by atoms with Gasteiger partial charge in [0.25, 0.3) is 0 Å². The summed E-state index contributed by atoms with van der Waals surface area (Å²) >= 11 is 0. The van der Waals surface area contributed by atoms with Crippen molar-refractivity contribution in [3.05, 3.63) is 60.2 Å². The molecule has 4 nitrogen and oxygen atoms in total. The van der Waals surface area contributed by atoms with Crippen LogP contribution in [0.15, 0.2) is 54.6 Å². The van der Waals surface area contributed by atoms with Crippen LogP contribution in [0.3, 0.4) is 0 Å². The summed E-state index contributed by atoms with van der Waals surface area (Å²) in [6.45, 7) is 14.9. The fourth-order valence-electron chi connectivity index (χ4n) is 6.09. The lowest BCUT2D eigenvalue weighted by Crippen LogP contribution is -2.53. The summed E-state index contributed by atoms with van der Waals surface area (Å²) in [5.41, 5.74) is 6.69. The normalized spacial score (nSPS) is 23.7. The van der Waals surface area contributed by atoms with Crippen molar-refractivity contribution in [3.63, 3.8) is 0 Å². The van der Waals surface area contributed by atoms with Gasteiger partial charge in [-0.3, -0.25) is 4.79 Å². The first kappa shape index (κ1) is 23.7. The van der Waals surface area contributed by atoms with Gasteiger partial charge in [0.15, 0.2) is 0 Å². The van der Waals surface area contributed by atoms with Crippen molar-refractivity contribution < 1.29 is 9.28 Å². The summed E-state index contributed by atoms with van der Waals surface area (Å²) < 4.78 is 1.20. The maximum atomic E-state index is 13.2. The minimum absolute atomic E-state index is 0.118. The van der Waals surface area contributed by atoms with Crippen LogP contribution < -0.4 is 5.73 Å². The van der Waals surface area contributed by atoms with Crippen molar-refractivity contribution in [2.75, 3.05) is 45.8 Å². The van der Waals surface area contributed by atoms with Crippen LogP contribution in [-0.4, -0.2) is 61.1 Å². The van der Waals surface area contributed by atoms with E-state index < -0.39 is 5.41 Å². The SMILES string of the molecule is CC[N+](CC)(CC)CCCN1CCC(C(C(N)=O)(c2ccccc2)C2C=CC=CC2)C1. The quantitative estimate of drug-likeness (QED) is 0.543. The highest BCUT2D eigenvalue weighted by Crippen LogP contribution is 2.46. The monoisotopic (exact) mass is 424 g/mol. The highest BCUT2D eigenvalue weighted by Gasteiger charge is 2.52. The molecule has 1 fully saturated rings. The molecule has 3 unspecified atom stereocenters. The predicted octanol–water partition coefficient (Wildman–Crippen LogP) is 4.13. The third-order valence-electron chi connectivity index (χ3n) is 8.26. The Balaban J connectivity index is 1.78. The average molecular weight is 425 g/mol. The van der Waals surface area contributed by atoms with E-state index in [-0.39, 0.29) is 17.7 Å². The van der Waals surface area contributed by atoms with Gasteiger partial charge in [-0.1, -0.05) is 54.6 Å². The molecule has 1 aromatic rings. The van der Waals surface area contributed by atoms with E-state index >= 15 is 0 Å². The van der Waals surface area contributed by atoms with Gasteiger partial charge < -0.3 is 15.1 Å². The number of hydrogen-bond acceptors (Lipinski definition) is 2. The molecule has 2 aliphatic rings. The molecule has 1 amide bonds. The van der Waals surface area contributed by atoms with Crippen LogP contribution in [0, 0.1) is 11.8 Å². The van der Waals surface area contributed by atoms with Crippen LogP contribution in [0.25, 0.3) is 0 Å². The Bertz CT molecular complexity index is 760. The van der Waals surface area contributed by atoms with Gasteiger partial charge >= 0.3 is 0 Å². The molecule has 0 spiro atoms. The molecular formula is C27H42N3O+. The van der Waals surface area contributed by atoms with Crippen molar-refractivity contribution in [2.24, 2.45) is 17.6 Å². The molecule has 170 valence electrons. The number of likely N-dealkylation sites (tertiary alicyclic amines) is 1. The maximum absolute atomic E-state index is 13.2. The van der Waals surface area contributed by atoms with Crippen molar-refractivity contribution in [1.82, 2.24) is 4.90 Å². The van der Waals surface area contributed by atoms with Crippen molar-refractivity contribution >= 4 is 5.91 Å². The Kier molecular flexibility index (Phi) is 8.12. The Morgan fingerprint density at radius 3 is 2.42 bits per heavy atom. The number of allylic oxidation sites excluding steroid dienone is 4. The number of rotatable bonds is 11. The Labute approximate surface area is 189 Å². The molecule has 31 heavy (non-hydrogen) atoms. The molecule has 1 aliphatic heterocycles. The number of nitrogens with two attached hydrogens (primary N) is 1. The number of benzene rings is 1. The smallest absolute Gasteiger partial charge is 0.229 e. The van der Waals surface area contributed by atoms with Crippen LogP contribution in [0.1, 0.15) is 45.6 Å². The number of carbonyl (C=O) groups is 1. The lowest BCUT2D eigenvalue weighted by molar-refractivity contribution is -0.923. The van der Waals surface area contributed by atoms with Gasteiger partial charge in [0.05, 0.1) is 31.6 Å². The van der Waals surface area contributed by atoms with Gasteiger partial charge in [0.1, 0.15) is 0 Å². The van der Waals surface area contributed by atoms with E-state index in [0.717, 1.165) is 38.0 Å². The lowest BCUT2D eigenvalue weighted by Gasteiger charge is -2.42. The first-order valence-corrected chi connectivity index (χ1v) is 12.3. The van der Waals surface area contributed by atoms with Gasteiger partial charge in [0, 0.05) is 19.5 Å². The zero-order chi connectivity index (χ0) is 22.3. The molecule has 1 saturated heterocycles. The Morgan fingerprint density at radius 1 is 1.13 bits per heavy atom. The second-order valence-electron chi connectivity index (χ2n) is 9.41.